The summed E-state index contributed by atoms with van der Waals surface area (Å²) in [6.07, 6.45) is 0. The van der Waals surface area contributed by atoms with Crippen LogP contribution in [0, 0.1) is 11.6 Å². The zero-order chi connectivity index (χ0) is 15.1. The molecule has 3 aromatic rings. The van der Waals surface area contributed by atoms with Crippen molar-refractivity contribution >= 4 is 49.0 Å². The van der Waals surface area contributed by atoms with Crippen molar-refractivity contribution in [3.05, 3.63) is 44.2 Å². The molecule has 8 heteroatoms. The highest BCUT2D eigenvalue weighted by molar-refractivity contribution is 9.13. The third-order valence-corrected chi connectivity index (χ3v) is 6.11. The van der Waals surface area contributed by atoms with E-state index in [0.717, 1.165) is 19.2 Å². The Bertz CT molecular complexity index is 789. The quantitative estimate of drug-likeness (QED) is 0.583. The second kappa shape index (κ2) is 5.51. The van der Waals surface area contributed by atoms with E-state index in [0.29, 0.717) is 16.8 Å². The van der Waals surface area contributed by atoms with Gasteiger partial charge in [-0.25, -0.2) is 8.78 Å². The first-order valence-corrected chi connectivity index (χ1v) is 8.11. The lowest BCUT2D eigenvalue weighted by Gasteiger charge is -2.04. The average Bonchev–Trinajstić information content (AvgIpc) is 2.92. The van der Waals surface area contributed by atoms with Gasteiger partial charge in [-0.1, -0.05) is 0 Å². The van der Waals surface area contributed by atoms with Crippen molar-refractivity contribution in [2.24, 2.45) is 0 Å². The van der Waals surface area contributed by atoms with E-state index >= 15 is 0 Å². The lowest BCUT2D eigenvalue weighted by Crippen LogP contribution is -1.90. The van der Waals surface area contributed by atoms with Crippen LogP contribution in [0.5, 0.6) is 0 Å². The third kappa shape index (κ3) is 2.75. The van der Waals surface area contributed by atoms with Gasteiger partial charge in [-0.3, -0.25) is 5.10 Å². The molecule has 3 N–H and O–H groups in total. The zero-order valence-electron chi connectivity index (χ0n) is 10.3. The molecule has 2 aromatic heterocycles. The molecule has 108 valence electrons. The molecule has 0 spiro atoms. The molecule has 2 heterocycles. The summed E-state index contributed by atoms with van der Waals surface area (Å²) in [6.45, 7) is 0. The number of aromatic amines is 1. The van der Waals surface area contributed by atoms with Crippen molar-refractivity contribution in [3.8, 4) is 21.7 Å². The number of nitrogen functional groups attached to an aromatic ring is 1. The molecular weight excluding hydrogens is 428 g/mol. The molecule has 3 nitrogen and oxygen atoms in total. The van der Waals surface area contributed by atoms with Crippen LogP contribution in [-0.2, 0) is 0 Å². The van der Waals surface area contributed by atoms with Crippen molar-refractivity contribution < 1.29 is 8.78 Å². The van der Waals surface area contributed by atoms with Gasteiger partial charge >= 0.3 is 0 Å². The Balaban J connectivity index is 2.21. The SMILES string of the molecule is Nc1n[nH]c(-c2cc(Br)c(Br)s2)c1-c1cc(F)cc(F)c1. The van der Waals surface area contributed by atoms with E-state index in [9.17, 15) is 8.78 Å². The van der Waals surface area contributed by atoms with Crippen LogP contribution in [0.3, 0.4) is 0 Å². The summed E-state index contributed by atoms with van der Waals surface area (Å²) in [5, 5.41) is 6.77. The van der Waals surface area contributed by atoms with Crippen molar-refractivity contribution in [1.29, 1.82) is 0 Å². The minimum atomic E-state index is -0.662. The number of nitrogens with zero attached hydrogens (tertiary/aromatic N) is 1. The van der Waals surface area contributed by atoms with Crippen molar-refractivity contribution in [2.75, 3.05) is 5.73 Å². The monoisotopic (exact) mass is 433 g/mol. The van der Waals surface area contributed by atoms with Gasteiger partial charge in [0.15, 0.2) is 5.82 Å². The molecule has 0 fully saturated rings. The van der Waals surface area contributed by atoms with Crippen LogP contribution in [0.15, 0.2) is 32.5 Å². The van der Waals surface area contributed by atoms with E-state index in [1.165, 1.54) is 23.5 Å². The summed E-state index contributed by atoms with van der Waals surface area (Å²) in [5.41, 5.74) is 7.29. The largest absolute Gasteiger partial charge is 0.382 e. The molecule has 0 radical (unpaired) electrons. The van der Waals surface area contributed by atoms with E-state index in [-0.39, 0.29) is 5.82 Å². The normalized spacial score (nSPS) is 11.0. The smallest absolute Gasteiger partial charge is 0.153 e. The van der Waals surface area contributed by atoms with E-state index < -0.39 is 11.6 Å². The van der Waals surface area contributed by atoms with Crippen LogP contribution in [0.2, 0.25) is 0 Å². The van der Waals surface area contributed by atoms with E-state index in [2.05, 4.69) is 42.1 Å². The van der Waals surface area contributed by atoms with Gasteiger partial charge in [-0.15, -0.1) is 11.3 Å². The second-order valence-corrected chi connectivity index (χ2v) is 7.47. The number of aromatic nitrogens is 2. The Morgan fingerprint density at radius 2 is 1.76 bits per heavy atom. The molecule has 3 rings (SSSR count). The number of anilines is 1. The lowest BCUT2D eigenvalue weighted by molar-refractivity contribution is 0.584. The average molecular weight is 435 g/mol. The standard InChI is InChI=1S/C13H7Br2F2N3S/c14-8-4-9(21-12(8)15)11-10(13(18)20-19-11)5-1-6(16)3-7(17)2-5/h1-4H,(H3,18,19,20). The Hall–Kier alpha value is -1.25. The number of halogens is 4. The van der Waals surface area contributed by atoms with E-state index in [1.807, 2.05) is 6.07 Å². The zero-order valence-corrected chi connectivity index (χ0v) is 14.2. The number of hydrogen-bond acceptors (Lipinski definition) is 3. The highest BCUT2D eigenvalue weighted by Gasteiger charge is 2.18. The van der Waals surface area contributed by atoms with Crippen LogP contribution in [-0.4, -0.2) is 10.2 Å². The molecule has 0 aliphatic rings. The van der Waals surface area contributed by atoms with Gasteiger partial charge in [-0.05, 0) is 55.6 Å². The maximum atomic E-state index is 13.4. The van der Waals surface area contributed by atoms with E-state index in [4.69, 9.17) is 5.73 Å². The maximum Gasteiger partial charge on any atom is 0.153 e. The lowest BCUT2D eigenvalue weighted by atomic mass is 10.0. The minimum Gasteiger partial charge on any atom is -0.382 e. The number of rotatable bonds is 2. The number of benzene rings is 1. The number of H-pyrrole nitrogens is 1. The van der Waals surface area contributed by atoms with Gasteiger partial charge in [0, 0.05) is 10.5 Å². The summed E-state index contributed by atoms with van der Waals surface area (Å²) < 4.78 is 28.6. The minimum absolute atomic E-state index is 0.190. The summed E-state index contributed by atoms with van der Waals surface area (Å²) in [7, 11) is 0. The first kappa shape index (κ1) is 14.7. The van der Waals surface area contributed by atoms with Crippen LogP contribution >= 0.6 is 43.2 Å². The van der Waals surface area contributed by atoms with Gasteiger partial charge in [0.2, 0.25) is 0 Å². The second-order valence-electron chi connectivity index (χ2n) is 4.25. The molecule has 0 saturated heterocycles. The van der Waals surface area contributed by atoms with Gasteiger partial charge in [0.1, 0.15) is 11.6 Å². The molecule has 0 atom stereocenters. The fourth-order valence-corrected chi connectivity index (χ4v) is 4.03. The van der Waals surface area contributed by atoms with Gasteiger partial charge in [-0.2, -0.15) is 5.10 Å². The van der Waals surface area contributed by atoms with Crippen LogP contribution in [0.4, 0.5) is 14.6 Å². The summed E-state index contributed by atoms with van der Waals surface area (Å²) in [5.74, 6) is -1.13. The predicted molar refractivity (Wildman–Crippen MR) is 87.1 cm³/mol. The molecule has 0 saturated carbocycles. The van der Waals surface area contributed by atoms with Crippen LogP contribution < -0.4 is 5.73 Å². The Kier molecular flexibility index (Phi) is 3.85. The number of nitrogens with two attached hydrogens (primary N) is 1. The van der Waals surface area contributed by atoms with Gasteiger partial charge < -0.3 is 5.73 Å². The first-order valence-electron chi connectivity index (χ1n) is 5.71. The summed E-state index contributed by atoms with van der Waals surface area (Å²) in [4.78, 5) is 0.845. The predicted octanol–water partition coefficient (Wildman–Crippen LogP) is 5.19. The fourth-order valence-electron chi connectivity index (χ4n) is 1.99. The molecular formula is C13H7Br2F2N3S. The Morgan fingerprint density at radius 1 is 1.10 bits per heavy atom. The van der Waals surface area contributed by atoms with Crippen molar-refractivity contribution in [2.45, 2.75) is 0 Å². The van der Waals surface area contributed by atoms with Crippen molar-refractivity contribution in [3.63, 3.8) is 0 Å². The topological polar surface area (TPSA) is 54.7 Å². The molecule has 1 aromatic carbocycles. The van der Waals surface area contributed by atoms with Crippen LogP contribution in [0.25, 0.3) is 21.7 Å². The molecule has 0 aliphatic heterocycles. The van der Waals surface area contributed by atoms with Crippen molar-refractivity contribution in [1.82, 2.24) is 10.2 Å². The summed E-state index contributed by atoms with van der Waals surface area (Å²) >= 11 is 8.27. The molecule has 21 heavy (non-hydrogen) atoms. The number of nitrogens with one attached hydrogen (secondary N) is 1. The third-order valence-electron chi connectivity index (χ3n) is 2.84. The van der Waals surface area contributed by atoms with Gasteiger partial charge in [0.05, 0.1) is 19.9 Å². The molecule has 0 bridgehead atoms. The highest BCUT2D eigenvalue weighted by atomic mass is 79.9. The maximum absolute atomic E-state index is 13.4. The molecule has 0 unspecified atom stereocenters. The Labute approximate surface area is 139 Å². The molecule has 0 aliphatic carbocycles. The first-order chi connectivity index (χ1) is 9.95. The number of hydrogen-bond donors (Lipinski definition) is 2. The fraction of sp³-hybridized carbons (Fsp3) is 0. The van der Waals surface area contributed by atoms with Gasteiger partial charge in [0.25, 0.3) is 0 Å². The van der Waals surface area contributed by atoms with Crippen LogP contribution in [0.1, 0.15) is 0 Å². The Morgan fingerprint density at radius 3 is 2.33 bits per heavy atom. The number of thiophene rings is 1. The summed E-state index contributed by atoms with van der Waals surface area (Å²) in [6, 6.07) is 5.15. The molecule has 0 amide bonds. The van der Waals surface area contributed by atoms with E-state index in [1.54, 1.807) is 0 Å². The highest BCUT2D eigenvalue weighted by Crippen LogP contribution is 2.42.